The molecule has 1 unspecified atom stereocenters. The maximum absolute atomic E-state index is 12.5. The molecule has 0 aliphatic carbocycles. The van der Waals surface area contributed by atoms with Crippen LogP contribution in [0.5, 0.6) is 5.75 Å². The normalized spacial score (nSPS) is 15.6. The fourth-order valence-electron chi connectivity index (χ4n) is 1.24. The van der Waals surface area contributed by atoms with Gasteiger partial charge in [-0.1, -0.05) is 24.8 Å². The van der Waals surface area contributed by atoms with Crippen molar-refractivity contribution in [2.24, 2.45) is 0 Å². The largest absolute Gasteiger partial charge is 0.508 e. The van der Waals surface area contributed by atoms with Gasteiger partial charge >= 0.3 is 6.18 Å². The van der Waals surface area contributed by atoms with Gasteiger partial charge < -0.3 is 10.2 Å². The number of benzene rings is 1. The van der Waals surface area contributed by atoms with Gasteiger partial charge in [-0.2, -0.15) is 13.2 Å². The van der Waals surface area contributed by atoms with E-state index < -0.39 is 23.1 Å². The fourth-order valence-corrected chi connectivity index (χ4v) is 1.24. The molecule has 0 fully saturated rings. The number of rotatable bonds is 2. The Kier molecular flexibility index (Phi) is 3.01. The molecule has 5 heteroatoms. The summed E-state index contributed by atoms with van der Waals surface area (Å²) in [4.78, 5) is 0. The molecule has 0 aliphatic heterocycles. The lowest BCUT2D eigenvalue weighted by atomic mass is 9.93. The van der Waals surface area contributed by atoms with Crippen molar-refractivity contribution in [2.45, 2.75) is 18.7 Å². The first kappa shape index (κ1) is 12.6. The molecule has 0 amide bonds. The quantitative estimate of drug-likeness (QED) is 0.823. The molecule has 1 rings (SSSR count). The highest BCUT2D eigenvalue weighted by atomic mass is 19.4. The van der Waals surface area contributed by atoms with Crippen molar-refractivity contribution >= 4 is 6.08 Å². The Labute approximate surface area is 90.7 Å². The molecule has 0 heterocycles. The van der Waals surface area contributed by atoms with E-state index in [9.17, 15) is 23.4 Å². The molecule has 16 heavy (non-hydrogen) atoms. The topological polar surface area (TPSA) is 40.5 Å². The molecule has 0 saturated heterocycles. The number of hydrogen-bond donors (Lipinski definition) is 2. The number of halogens is 3. The van der Waals surface area contributed by atoms with Crippen molar-refractivity contribution in [1.29, 1.82) is 0 Å². The Hall–Kier alpha value is -1.49. The number of phenols is 1. The molecule has 0 saturated carbocycles. The predicted octanol–water partition coefficient (Wildman–Crippen LogP) is 2.81. The second-order valence-electron chi connectivity index (χ2n) is 3.55. The monoisotopic (exact) mass is 232 g/mol. The SMILES string of the molecule is C=Cc1ccc(C(C)(O)C(F)(F)F)c(O)c1. The van der Waals surface area contributed by atoms with Gasteiger partial charge in [-0.25, -0.2) is 0 Å². The maximum Gasteiger partial charge on any atom is 0.421 e. The molecule has 0 radical (unpaired) electrons. The smallest absolute Gasteiger partial charge is 0.421 e. The third kappa shape index (κ3) is 2.04. The van der Waals surface area contributed by atoms with E-state index in [1.807, 2.05) is 0 Å². The van der Waals surface area contributed by atoms with E-state index in [1.54, 1.807) is 0 Å². The molecule has 1 atom stereocenters. The van der Waals surface area contributed by atoms with Crippen molar-refractivity contribution in [1.82, 2.24) is 0 Å². The zero-order valence-electron chi connectivity index (χ0n) is 8.54. The maximum atomic E-state index is 12.5. The molecule has 88 valence electrons. The Morgan fingerprint density at radius 3 is 2.25 bits per heavy atom. The lowest BCUT2D eigenvalue weighted by Crippen LogP contribution is -2.39. The summed E-state index contributed by atoms with van der Waals surface area (Å²) >= 11 is 0. The van der Waals surface area contributed by atoms with E-state index >= 15 is 0 Å². The summed E-state index contributed by atoms with van der Waals surface area (Å²) in [5, 5.41) is 18.8. The van der Waals surface area contributed by atoms with Gasteiger partial charge in [0.2, 0.25) is 0 Å². The van der Waals surface area contributed by atoms with Crippen LogP contribution in [0.25, 0.3) is 6.08 Å². The minimum atomic E-state index is -4.85. The molecule has 1 aromatic rings. The highest BCUT2D eigenvalue weighted by Crippen LogP contribution is 2.42. The van der Waals surface area contributed by atoms with E-state index in [4.69, 9.17) is 0 Å². The van der Waals surface area contributed by atoms with Crippen LogP contribution in [-0.4, -0.2) is 16.4 Å². The third-order valence-electron chi connectivity index (χ3n) is 2.33. The van der Waals surface area contributed by atoms with Gasteiger partial charge in [-0.3, -0.25) is 0 Å². The van der Waals surface area contributed by atoms with Crippen molar-refractivity contribution in [3.8, 4) is 5.75 Å². The average Bonchev–Trinajstić information content (AvgIpc) is 2.15. The number of aromatic hydroxyl groups is 1. The van der Waals surface area contributed by atoms with Crippen LogP contribution in [-0.2, 0) is 5.60 Å². The molecular weight excluding hydrogens is 221 g/mol. The van der Waals surface area contributed by atoms with Crippen LogP contribution in [0.4, 0.5) is 13.2 Å². The van der Waals surface area contributed by atoms with Crippen LogP contribution in [0.15, 0.2) is 24.8 Å². The lowest BCUT2D eigenvalue weighted by molar-refractivity contribution is -0.259. The molecule has 0 bridgehead atoms. The summed E-state index contributed by atoms with van der Waals surface area (Å²) in [5.74, 6) is -0.611. The summed E-state index contributed by atoms with van der Waals surface area (Å²) in [7, 11) is 0. The molecule has 0 aliphatic rings. The first-order valence-corrected chi connectivity index (χ1v) is 4.45. The van der Waals surface area contributed by atoms with Crippen molar-refractivity contribution < 1.29 is 23.4 Å². The standard InChI is InChI=1S/C11H11F3O2/c1-3-7-4-5-8(9(15)6-7)10(2,16)11(12,13)14/h3-6,15-16H,1H2,2H3. The highest BCUT2D eigenvalue weighted by molar-refractivity contribution is 5.53. The highest BCUT2D eigenvalue weighted by Gasteiger charge is 2.52. The molecular formula is C11H11F3O2. The third-order valence-corrected chi connectivity index (χ3v) is 2.33. The van der Waals surface area contributed by atoms with Gasteiger partial charge in [0.25, 0.3) is 0 Å². The second-order valence-corrected chi connectivity index (χ2v) is 3.55. The summed E-state index contributed by atoms with van der Waals surface area (Å²) in [6, 6.07) is 3.48. The van der Waals surface area contributed by atoms with Gasteiger partial charge in [0.05, 0.1) is 0 Å². The van der Waals surface area contributed by atoms with E-state index in [2.05, 4.69) is 6.58 Å². The average molecular weight is 232 g/mol. The lowest BCUT2D eigenvalue weighted by Gasteiger charge is -2.27. The molecule has 0 spiro atoms. The zero-order valence-corrected chi connectivity index (χ0v) is 8.54. The minimum absolute atomic E-state index is 0.472. The Bertz CT molecular complexity index is 408. The Balaban J connectivity index is 3.29. The summed E-state index contributed by atoms with van der Waals surface area (Å²) in [5.41, 5.74) is -3.18. The van der Waals surface area contributed by atoms with Crippen molar-refractivity contribution in [3.05, 3.63) is 35.9 Å². The number of phenolic OH excluding ortho intramolecular Hbond substituents is 1. The summed E-state index contributed by atoms with van der Waals surface area (Å²) in [6.07, 6.45) is -3.47. The summed E-state index contributed by atoms with van der Waals surface area (Å²) in [6.45, 7) is 4.01. The van der Waals surface area contributed by atoms with Crippen LogP contribution in [0.1, 0.15) is 18.1 Å². The Morgan fingerprint density at radius 2 is 1.88 bits per heavy atom. The number of hydrogen-bond acceptors (Lipinski definition) is 2. The van der Waals surface area contributed by atoms with E-state index in [-0.39, 0.29) is 0 Å². The second kappa shape index (κ2) is 3.83. The van der Waals surface area contributed by atoms with Crippen LogP contribution in [0, 0.1) is 0 Å². The van der Waals surface area contributed by atoms with Crippen molar-refractivity contribution in [2.75, 3.05) is 0 Å². The van der Waals surface area contributed by atoms with Crippen LogP contribution in [0.2, 0.25) is 0 Å². The van der Waals surface area contributed by atoms with Crippen LogP contribution >= 0.6 is 0 Å². The van der Waals surface area contributed by atoms with Crippen molar-refractivity contribution in [3.63, 3.8) is 0 Å². The molecule has 2 nitrogen and oxygen atoms in total. The molecule has 0 aromatic heterocycles. The first-order chi connectivity index (χ1) is 7.20. The number of aliphatic hydroxyl groups is 1. The van der Waals surface area contributed by atoms with E-state index in [0.29, 0.717) is 12.5 Å². The van der Waals surface area contributed by atoms with E-state index in [1.165, 1.54) is 12.1 Å². The van der Waals surface area contributed by atoms with Gasteiger partial charge in [0.15, 0.2) is 5.60 Å². The predicted molar refractivity (Wildman–Crippen MR) is 53.8 cm³/mol. The van der Waals surface area contributed by atoms with Crippen LogP contribution < -0.4 is 0 Å². The molecule has 2 N–H and O–H groups in total. The summed E-state index contributed by atoms with van der Waals surface area (Å²) < 4.78 is 37.5. The first-order valence-electron chi connectivity index (χ1n) is 4.45. The zero-order chi connectivity index (χ0) is 12.6. The van der Waals surface area contributed by atoms with Crippen LogP contribution in [0.3, 0.4) is 0 Å². The van der Waals surface area contributed by atoms with Gasteiger partial charge in [0, 0.05) is 5.56 Å². The van der Waals surface area contributed by atoms with Gasteiger partial charge in [-0.05, 0) is 18.6 Å². The number of alkyl halides is 3. The molecule has 1 aromatic carbocycles. The van der Waals surface area contributed by atoms with Gasteiger partial charge in [0.1, 0.15) is 5.75 Å². The minimum Gasteiger partial charge on any atom is -0.508 e. The Morgan fingerprint density at radius 1 is 1.31 bits per heavy atom. The fraction of sp³-hybridized carbons (Fsp3) is 0.273. The van der Waals surface area contributed by atoms with Gasteiger partial charge in [-0.15, -0.1) is 0 Å². The van der Waals surface area contributed by atoms with E-state index in [0.717, 1.165) is 12.1 Å².